The number of hydrogen-bond acceptors (Lipinski definition) is 5. The van der Waals surface area contributed by atoms with Gasteiger partial charge in [0.1, 0.15) is 17.9 Å². The van der Waals surface area contributed by atoms with Crippen molar-refractivity contribution < 1.29 is 29.3 Å². The van der Waals surface area contributed by atoms with Gasteiger partial charge in [0.05, 0.1) is 0 Å². The van der Waals surface area contributed by atoms with E-state index in [0.29, 0.717) is 35.6 Å². The van der Waals surface area contributed by atoms with Crippen LogP contribution in [0.2, 0.25) is 5.02 Å². The number of hydrogen-bond donors (Lipinski definition) is 3. The number of carbonyl (C=O) groups excluding carboxylic acids is 2. The van der Waals surface area contributed by atoms with E-state index in [-0.39, 0.29) is 0 Å². The first-order valence-electron chi connectivity index (χ1n) is 8.63. The van der Waals surface area contributed by atoms with Crippen LogP contribution in [0.25, 0.3) is 5.76 Å². The first kappa shape index (κ1) is 22.7. The quantitative estimate of drug-likeness (QED) is 0.481. The molecule has 7 nitrogen and oxygen atoms in total. The summed E-state index contributed by atoms with van der Waals surface area (Å²) in [4.78, 5) is 35.6. The molecule has 0 radical (unpaired) electrons. The van der Waals surface area contributed by atoms with Crippen LogP contribution >= 0.6 is 11.6 Å². The van der Waals surface area contributed by atoms with Gasteiger partial charge in [-0.2, -0.15) is 0 Å². The van der Waals surface area contributed by atoms with Crippen LogP contribution in [0.1, 0.15) is 43.7 Å². The second-order valence-corrected chi connectivity index (χ2v) is 6.02. The van der Waals surface area contributed by atoms with Crippen LogP contribution in [0.15, 0.2) is 23.8 Å². The van der Waals surface area contributed by atoms with E-state index in [1.165, 1.54) is 6.07 Å². The van der Waals surface area contributed by atoms with E-state index in [1.807, 2.05) is 13.8 Å². The van der Waals surface area contributed by atoms with E-state index in [4.69, 9.17) is 21.4 Å². The molecule has 1 aromatic carbocycles. The summed E-state index contributed by atoms with van der Waals surface area (Å²) < 4.78 is 5.00. The standard InChI is InChI=1S/C17H18ClNO6.C2H6/c1-25-6-2-3-11-10-5-4-9(18)7-12(10)16(23)14(15(11)22)17(24)19-8-13(20)21;1-2/h4-5,7,11,23H,2-3,6,8H2,1H3,(H,19,24)(H,20,21);1-2H3. The maximum atomic E-state index is 12.8. The van der Waals surface area contributed by atoms with E-state index < -0.39 is 41.5 Å². The predicted octanol–water partition coefficient (Wildman–Crippen LogP) is 2.93. The van der Waals surface area contributed by atoms with Crippen molar-refractivity contribution in [3.63, 3.8) is 0 Å². The number of rotatable bonds is 7. The third-order valence-electron chi connectivity index (χ3n) is 3.91. The van der Waals surface area contributed by atoms with Crippen molar-refractivity contribution in [2.24, 2.45) is 0 Å². The Balaban J connectivity index is 0.00000176. The molecule has 148 valence electrons. The lowest BCUT2D eigenvalue weighted by Crippen LogP contribution is -2.36. The topological polar surface area (TPSA) is 113 Å². The molecule has 0 spiro atoms. The van der Waals surface area contributed by atoms with Gasteiger partial charge in [0.25, 0.3) is 5.91 Å². The van der Waals surface area contributed by atoms with Gasteiger partial charge in [-0.3, -0.25) is 14.4 Å². The Morgan fingerprint density at radius 2 is 1.96 bits per heavy atom. The fraction of sp³-hybridized carbons (Fsp3) is 0.421. The van der Waals surface area contributed by atoms with Crippen molar-refractivity contribution in [1.29, 1.82) is 0 Å². The summed E-state index contributed by atoms with van der Waals surface area (Å²) in [5.74, 6) is -3.85. The summed E-state index contributed by atoms with van der Waals surface area (Å²) >= 11 is 5.97. The number of Topliss-reactive ketones (excluding diaryl/α,β-unsaturated/α-hetero) is 1. The molecule has 1 aliphatic rings. The fourth-order valence-corrected chi connectivity index (χ4v) is 2.96. The van der Waals surface area contributed by atoms with Crippen molar-refractivity contribution in [2.75, 3.05) is 20.3 Å². The van der Waals surface area contributed by atoms with E-state index in [0.717, 1.165) is 0 Å². The van der Waals surface area contributed by atoms with Crippen molar-refractivity contribution in [3.05, 3.63) is 39.9 Å². The highest BCUT2D eigenvalue weighted by molar-refractivity contribution is 6.31. The summed E-state index contributed by atoms with van der Waals surface area (Å²) in [6, 6.07) is 4.74. The minimum atomic E-state index is -1.25. The summed E-state index contributed by atoms with van der Waals surface area (Å²) in [6.45, 7) is 3.79. The molecule has 0 aromatic heterocycles. The van der Waals surface area contributed by atoms with Gasteiger partial charge in [-0.15, -0.1) is 0 Å². The van der Waals surface area contributed by atoms with Crippen LogP contribution in [-0.4, -0.2) is 48.1 Å². The van der Waals surface area contributed by atoms with Crippen LogP contribution in [0.4, 0.5) is 0 Å². The second-order valence-electron chi connectivity index (χ2n) is 5.58. The molecule has 0 aliphatic heterocycles. The van der Waals surface area contributed by atoms with Gasteiger partial charge in [0, 0.05) is 30.2 Å². The zero-order valence-electron chi connectivity index (χ0n) is 15.5. The third-order valence-corrected chi connectivity index (χ3v) is 4.15. The van der Waals surface area contributed by atoms with Gasteiger partial charge >= 0.3 is 5.97 Å². The van der Waals surface area contributed by atoms with Gasteiger partial charge in [0.15, 0.2) is 5.78 Å². The number of halogens is 1. The van der Waals surface area contributed by atoms with Crippen molar-refractivity contribution in [2.45, 2.75) is 32.6 Å². The highest BCUT2D eigenvalue weighted by Gasteiger charge is 2.37. The molecular weight excluding hydrogens is 374 g/mol. The van der Waals surface area contributed by atoms with Gasteiger partial charge < -0.3 is 20.3 Å². The number of aliphatic hydroxyl groups excluding tert-OH is 1. The molecular formula is C19H24ClNO6. The largest absolute Gasteiger partial charge is 0.506 e. The monoisotopic (exact) mass is 397 g/mol. The normalized spacial score (nSPS) is 15.6. The Hall–Kier alpha value is -2.38. The Kier molecular flexibility index (Phi) is 8.97. The third kappa shape index (κ3) is 5.55. The molecule has 0 saturated heterocycles. The molecule has 0 heterocycles. The lowest BCUT2D eigenvalue weighted by molar-refractivity contribution is -0.137. The summed E-state index contributed by atoms with van der Waals surface area (Å²) in [7, 11) is 1.55. The predicted molar refractivity (Wildman–Crippen MR) is 102 cm³/mol. The lowest BCUT2D eigenvalue weighted by atomic mass is 9.78. The molecule has 3 N–H and O–H groups in total. The van der Waals surface area contributed by atoms with Crippen molar-refractivity contribution in [1.82, 2.24) is 5.32 Å². The second kappa shape index (κ2) is 10.7. The number of carbonyl (C=O) groups is 3. The zero-order valence-corrected chi connectivity index (χ0v) is 16.3. The number of amides is 1. The minimum Gasteiger partial charge on any atom is -0.506 e. The maximum Gasteiger partial charge on any atom is 0.322 e. The molecule has 1 amide bonds. The van der Waals surface area contributed by atoms with Crippen LogP contribution in [-0.2, 0) is 19.1 Å². The first-order valence-corrected chi connectivity index (χ1v) is 9.00. The highest BCUT2D eigenvalue weighted by Crippen LogP contribution is 2.38. The molecule has 1 aromatic rings. The van der Waals surface area contributed by atoms with E-state index in [9.17, 15) is 19.5 Å². The number of ether oxygens (including phenoxy) is 1. The number of carboxylic acid groups (broad SMARTS) is 1. The molecule has 2 rings (SSSR count). The maximum absolute atomic E-state index is 12.8. The van der Waals surface area contributed by atoms with Crippen LogP contribution in [0.3, 0.4) is 0 Å². The molecule has 0 bridgehead atoms. The van der Waals surface area contributed by atoms with Crippen LogP contribution in [0.5, 0.6) is 0 Å². The van der Waals surface area contributed by atoms with E-state index >= 15 is 0 Å². The molecule has 27 heavy (non-hydrogen) atoms. The number of ketones is 1. The number of benzene rings is 1. The first-order chi connectivity index (χ1) is 12.9. The van der Waals surface area contributed by atoms with Gasteiger partial charge in [0.2, 0.25) is 0 Å². The number of aliphatic hydroxyl groups is 1. The zero-order chi connectivity index (χ0) is 20.6. The summed E-state index contributed by atoms with van der Waals surface area (Å²) in [5, 5.41) is 21.5. The molecule has 1 atom stereocenters. The SMILES string of the molecule is CC.COCCCC1C(=O)C(C(=O)NCC(=O)O)=C(O)c2cc(Cl)ccc21. The van der Waals surface area contributed by atoms with E-state index in [2.05, 4.69) is 5.32 Å². The van der Waals surface area contributed by atoms with E-state index in [1.54, 1.807) is 19.2 Å². The highest BCUT2D eigenvalue weighted by atomic mass is 35.5. The summed E-state index contributed by atoms with van der Waals surface area (Å²) in [5.41, 5.74) is 0.436. The van der Waals surface area contributed by atoms with Crippen molar-refractivity contribution in [3.8, 4) is 0 Å². The van der Waals surface area contributed by atoms with Crippen LogP contribution in [0, 0.1) is 0 Å². The minimum absolute atomic E-state index is 0.301. The Bertz CT molecular complexity index is 744. The number of fused-ring (bicyclic) bond motifs is 1. The Morgan fingerprint density at radius 3 is 2.56 bits per heavy atom. The number of carboxylic acids is 1. The molecule has 8 heteroatoms. The molecule has 0 saturated carbocycles. The molecule has 1 unspecified atom stereocenters. The van der Waals surface area contributed by atoms with Gasteiger partial charge in [-0.25, -0.2) is 0 Å². The number of methoxy groups -OCH3 is 1. The Labute approximate surface area is 163 Å². The smallest absolute Gasteiger partial charge is 0.322 e. The lowest BCUT2D eigenvalue weighted by Gasteiger charge is -2.26. The Morgan fingerprint density at radius 1 is 1.30 bits per heavy atom. The van der Waals surface area contributed by atoms with Gasteiger partial charge in [-0.1, -0.05) is 31.5 Å². The van der Waals surface area contributed by atoms with Crippen LogP contribution < -0.4 is 5.32 Å². The molecule has 1 aliphatic carbocycles. The average Bonchev–Trinajstić information content (AvgIpc) is 2.65. The van der Waals surface area contributed by atoms with Gasteiger partial charge in [-0.05, 0) is 30.5 Å². The average molecular weight is 398 g/mol. The molecule has 0 fully saturated rings. The van der Waals surface area contributed by atoms with Crippen molar-refractivity contribution >= 4 is 35.0 Å². The fourth-order valence-electron chi connectivity index (χ4n) is 2.79. The number of aliphatic carboxylic acids is 1. The summed E-state index contributed by atoms with van der Waals surface area (Å²) in [6.07, 6.45) is 1.00. The number of nitrogens with one attached hydrogen (secondary N) is 1.